The Kier molecular flexibility index (Phi) is 5.56. The molecule has 5 rings (SSSR count). The van der Waals surface area contributed by atoms with Crippen LogP contribution >= 0.6 is 0 Å². The number of imide groups is 1. The van der Waals surface area contributed by atoms with Gasteiger partial charge in [-0.25, -0.2) is 9.78 Å². The number of carbonyl (C=O) groups excluding carboxylic acids is 2. The fourth-order valence-electron chi connectivity index (χ4n) is 3.74. The summed E-state index contributed by atoms with van der Waals surface area (Å²) in [6.45, 7) is 2.15. The first kappa shape index (κ1) is 20.8. The van der Waals surface area contributed by atoms with E-state index in [2.05, 4.69) is 10.3 Å². The van der Waals surface area contributed by atoms with Crippen molar-refractivity contribution in [2.75, 3.05) is 0 Å². The van der Waals surface area contributed by atoms with Gasteiger partial charge < -0.3 is 18.3 Å². The van der Waals surface area contributed by atoms with Crippen LogP contribution in [0.1, 0.15) is 30.1 Å². The molecule has 1 unspecified atom stereocenters. The molecule has 0 radical (unpaired) electrons. The van der Waals surface area contributed by atoms with Crippen LogP contribution in [0.2, 0.25) is 0 Å². The number of aromatic nitrogens is 1. The molecular weight excluding hydrogens is 424 g/mol. The maximum Gasteiger partial charge on any atom is 0.414 e. The van der Waals surface area contributed by atoms with Gasteiger partial charge in [0, 0.05) is 23.4 Å². The third-order valence-corrected chi connectivity index (χ3v) is 5.49. The van der Waals surface area contributed by atoms with Crippen LogP contribution in [0.25, 0.3) is 22.4 Å². The third kappa shape index (κ3) is 4.59. The molecule has 3 heterocycles. The summed E-state index contributed by atoms with van der Waals surface area (Å²) in [4.78, 5) is 27.2. The smallest absolute Gasteiger partial charge is 0.414 e. The summed E-state index contributed by atoms with van der Waals surface area (Å²) in [7, 11) is 0. The van der Waals surface area contributed by atoms with E-state index < -0.39 is 12.2 Å². The van der Waals surface area contributed by atoms with Gasteiger partial charge >= 0.3 is 6.09 Å². The molecule has 4 aromatic rings. The summed E-state index contributed by atoms with van der Waals surface area (Å²) in [5, 5.41) is 3.10. The van der Waals surface area contributed by atoms with Gasteiger partial charge in [-0.15, -0.1) is 0 Å². The zero-order chi connectivity index (χ0) is 22.8. The van der Waals surface area contributed by atoms with Crippen LogP contribution in [-0.2, 0) is 22.6 Å². The fraction of sp³-hybridized carbons (Fsp3) is 0.240. The first-order chi connectivity index (χ1) is 16.0. The summed E-state index contributed by atoms with van der Waals surface area (Å²) in [5.41, 5.74) is 2.38. The Hall–Kier alpha value is -4.07. The second-order valence-corrected chi connectivity index (χ2v) is 7.86. The summed E-state index contributed by atoms with van der Waals surface area (Å²) < 4.78 is 22.6. The average Bonchev–Trinajstić information content (AvgIpc) is 3.48. The number of hydrogen-bond acceptors (Lipinski definition) is 7. The summed E-state index contributed by atoms with van der Waals surface area (Å²) in [5.74, 6) is 2.37. The predicted molar refractivity (Wildman–Crippen MR) is 119 cm³/mol. The van der Waals surface area contributed by atoms with Crippen molar-refractivity contribution >= 4 is 23.0 Å². The number of cyclic esters (lactones) is 1. The number of fused-ring (bicyclic) bond motifs is 1. The largest absolute Gasteiger partial charge is 0.487 e. The Labute approximate surface area is 189 Å². The number of ether oxygens (including phenoxy) is 2. The van der Waals surface area contributed by atoms with E-state index in [1.807, 2.05) is 61.5 Å². The lowest BCUT2D eigenvalue weighted by molar-refractivity contribution is -0.123. The minimum atomic E-state index is -0.718. The van der Waals surface area contributed by atoms with Crippen molar-refractivity contribution in [1.29, 1.82) is 0 Å². The highest BCUT2D eigenvalue weighted by atomic mass is 16.6. The van der Waals surface area contributed by atoms with Crippen molar-refractivity contribution in [3.8, 4) is 17.2 Å². The molecule has 2 aromatic carbocycles. The maximum absolute atomic E-state index is 11.6. The standard InChI is InChI=1S/C25H22N2O6/c1-15-20(26-24(31-15)16-6-3-2-4-7-16)14-30-18-11-10-17-12-19(32-22(17)13-18)8-5-9-21-23(28)27-25(29)33-21/h2-4,6-7,10-13,21H,5,8-9,14H2,1H3,(H,27,28,29). The number of nitrogens with zero attached hydrogens (tertiary/aromatic N) is 1. The monoisotopic (exact) mass is 446 g/mol. The Morgan fingerprint density at radius 3 is 2.70 bits per heavy atom. The van der Waals surface area contributed by atoms with E-state index in [-0.39, 0.29) is 12.5 Å². The molecule has 1 fully saturated rings. The molecule has 1 aliphatic rings. The van der Waals surface area contributed by atoms with Crippen LogP contribution in [0.4, 0.5) is 4.79 Å². The zero-order valence-corrected chi connectivity index (χ0v) is 18.0. The Bertz CT molecular complexity index is 1310. The SMILES string of the molecule is Cc1oc(-c2ccccc2)nc1COc1ccc2cc(CCCC3OC(=O)NC3=O)oc2c1. The molecule has 8 heteroatoms. The van der Waals surface area contributed by atoms with E-state index in [1.54, 1.807) is 0 Å². The van der Waals surface area contributed by atoms with Crippen molar-refractivity contribution in [1.82, 2.24) is 10.3 Å². The van der Waals surface area contributed by atoms with Gasteiger partial charge in [0.1, 0.15) is 35.2 Å². The number of aryl methyl sites for hydroxylation is 2. The summed E-state index contributed by atoms with van der Waals surface area (Å²) in [6.07, 6.45) is 0.337. The van der Waals surface area contributed by atoms with Crippen LogP contribution in [0, 0.1) is 6.92 Å². The first-order valence-corrected chi connectivity index (χ1v) is 10.7. The van der Waals surface area contributed by atoms with Gasteiger partial charge in [-0.3, -0.25) is 10.1 Å². The first-order valence-electron chi connectivity index (χ1n) is 10.7. The van der Waals surface area contributed by atoms with E-state index in [0.717, 1.165) is 33.7 Å². The lowest BCUT2D eigenvalue weighted by Gasteiger charge is -2.04. The molecule has 2 aromatic heterocycles. The van der Waals surface area contributed by atoms with Gasteiger partial charge in [0.05, 0.1) is 0 Å². The summed E-state index contributed by atoms with van der Waals surface area (Å²) >= 11 is 0. The number of rotatable bonds is 8. The molecule has 8 nitrogen and oxygen atoms in total. The van der Waals surface area contributed by atoms with Gasteiger partial charge in [0.15, 0.2) is 6.10 Å². The van der Waals surface area contributed by atoms with Crippen LogP contribution in [0.5, 0.6) is 5.75 Å². The Morgan fingerprint density at radius 1 is 1.06 bits per heavy atom. The number of benzene rings is 2. The summed E-state index contributed by atoms with van der Waals surface area (Å²) in [6, 6.07) is 17.4. The third-order valence-electron chi connectivity index (χ3n) is 5.49. The number of alkyl carbamates (subject to hydrolysis) is 1. The van der Waals surface area contributed by atoms with E-state index in [4.69, 9.17) is 18.3 Å². The number of oxazole rings is 1. The number of hydrogen-bond donors (Lipinski definition) is 1. The highest BCUT2D eigenvalue weighted by Crippen LogP contribution is 2.27. The Morgan fingerprint density at radius 2 is 1.91 bits per heavy atom. The molecule has 0 saturated carbocycles. The van der Waals surface area contributed by atoms with Gasteiger partial charge in [0.2, 0.25) is 5.89 Å². The van der Waals surface area contributed by atoms with Gasteiger partial charge in [-0.1, -0.05) is 18.2 Å². The zero-order valence-electron chi connectivity index (χ0n) is 18.0. The van der Waals surface area contributed by atoms with E-state index >= 15 is 0 Å². The number of furan rings is 1. The number of carbonyl (C=O) groups is 2. The molecule has 1 aliphatic heterocycles. The van der Waals surface area contributed by atoms with Gasteiger partial charge in [0.25, 0.3) is 5.91 Å². The van der Waals surface area contributed by atoms with Crippen LogP contribution in [0.15, 0.2) is 63.4 Å². The normalized spacial score (nSPS) is 15.6. The Balaban J connectivity index is 1.20. The topological polar surface area (TPSA) is 104 Å². The second-order valence-electron chi connectivity index (χ2n) is 7.86. The van der Waals surface area contributed by atoms with Crippen LogP contribution in [0.3, 0.4) is 0 Å². The lowest BCUT2D eigenvalue weighted by Crippen LogP contribution is -2.24. The van der Waals surface area contributed by atoms with E-state index in [0.29, 0.717) is 30.9 Å². The van der Waals surface area contributed by atoms with Gasteiger partial charge in [-0.2, -0.15) is 0 Å². The van der Waals surface area contributed by atoms with Crippen molar-refractivity contribution < 1.29 is 27.9 Å². The minimum absolute atomic E-state index is 0.281. The van der Waals surface area contributed by atoms with Crippen molar-refractivity contribution in [2.24, 2.45) is 0 Å². The van der Waals surface area contributed by atoms with Crippen molar-refractivity contribution in [3.63, 3.8) is 0 Å². The van der Waals surface area contributed by atoms with Crippen LogP contribution in [-0.4, -0.2) is 23.1 Å². The lowest BCUT2D eigenvalue weighted by atomic mass is 10.1. The molecule has 33 heavy (non-hydrogen) atoms. The fourth-order valence-corrected chi connectivity index (χ4v) is 3.74. The minimum Gasteiger partial charge on any atom is -0.487 e. The molecule has 1 saturated heterocycles. The second kappa shape index (κ2) is 8.82. The predicted octanol–water partition coefficient (Wildman–Crippen LogP) is 4.93. The van der Waals surface area contributed by atoms with E-state index in [1.165, 1.54) is 0 Å². The van der Waals surface area contributed by atoms with Crippen molar-refractivity contribution in [2.45, 2.75) is 38.9 Å². The molecule has 168 valence electrons. The van der Waals surface area contributed by atoms with E-state index in [9.17, 15) is 9.59 Å². The highest BCUT2D eigenvalue weighted by molar-refractivity contribution is 5.99. The average molecular weight is 446 g/mol. The molecule has 0 aliphatic carbocycles. The van der Waals surface area contributed by atoms with Crippen molar-refractivity contribution in [3.05, 3.63) is 71.8 Å². The quantitative estimate of drug-likeness (QED) is 0.409. The molecule has 0 spiro atoms. The molecule has 2 amide bonds. The van der Waals surface area contributed by atoms with Gasteiger partial charge in [-0.05, 0) is 50.1 Å². The molecular formula is C25H22N2O6. The molecule has 1 N–H and O–H groups in total. The maximum atomic E-state index is 11.6. The molecule has 0 bridgehead atoms. The molecule has 1 atom stereocenters. The number of amides is 2. The highest BCUT2D eigenvalue weighted by Gasteiger charge is 2.31. The van der Waals surface area contributed by atoms with Crippen LogP contribution < -0.4 is 10.1 Å². The number of nitrogens with one attached hydrogen (secondary N) is 1.